The van der Waals surface area contributed by atoms with Crippen molar-refractivity contribution < 1.29 is 9.90 Å². The lowest BCUT2D eigenvalue weighted by Gasteiger charge is -2.31. The third-order valence-electron chi connectivity index (χ3n) is 4.53. The van der Waals surface area contributed by atoms with Gasteiger partial charge in [0.05, 0.1) is 6.10 Å². The number of nitrogens with zero attached hydrogens (tertiary/aromatic N) is 2. The molecule has 0 aliphatic carbocycles. The first-order valence-corrected chi connectivity index (χ1v) is 8.86. The number of amides is 1. The summed E-state index contributed by atoms with van der Waals surface area (Å²) in [5, 5.41) is 13.0. The minimum Gasteiger partial charge on any atom is -0.390 e. The average molecular weight is 333 g/mol. The van der Waals surface area contributed by atoms with Crippen LogP contribution in [0.5, 0.6) is 0 Å². The van der Waals surface area contributed by atoms with Crippen molar-refractivity contribution in [2.75, 3.05) is 40.3 Å². The van der Waals surface area contributed by atoms with Crippen LogP contribution in [-0.2, 0) is 6.54 Å². The number of hydrogen-bond donors (Lipinski definition) is 2. The van der Waals surface area contributed by atoms with E-state index in [-0.39, 0.29) is 5.91 Å². The molecule has 134 valence electrons. The van der Waals surface area contributed by atoms with Crippen LogP contribution in [0.2, 0.25) is 0 Å². The van der Waals surface area contributed by atoms with Crippen molar-refractivity contribution >= 4 is 5.91 Å². The summed E-state index contributed by atoms with van der Waals surface area (Å²) in [5.41, 5.74) is 1.75. The molecule has 24 heavy (non-hydrogen) atoms. The minimum atomic E-state index is -0.521. The van der Waals surface area contributed by atoms with E-state index in [1.54, 1.807) is 0 Å². The molecule has 1 aliphatic heterocycles. The maximum Gasteiger partial charge on any atom is 0.251 e. The van der Waals surface area contributed by atoms with Gasteiger partial charge in [-0.05, 0) is 63.6 Å². The Morgan fingerprint density at radius 3 is 2.75 bits per heavy atom. The summed E-state index contributed by atoms with van der Waals surface area (Å²) < 4.78 is 0. The molecule has 0 spiro atoms. The molecule has 5 heteroatoms. The van der Waals surface area contributed by atoms with Crippen molar-refractivity contribution in [1.82, 2.24) is 15.1 Å². The number of likely N-dealkylation sites (tertiary alicyclic amines) is 1. The van der Waals surface area contributed by atoms with E-state index >= 15 is 0 Å². The first-order valence-electron chi connectivity index (χ1n) is 8.86. The van der Waals surface area contributed by atoms with E-state index in [0.717, 1.165) is 31.1 Å². The normalized spacial score (nSPS) is 17.9. The highest BCUT2D eigenvalue weighted by Crippen LogP contribution is 2.15. The Balaban J connectivity index is 1.77. The summed E-state index contributed by atoms with van der Waals surface area (Å²) in [7, 11) is 4.01. The monoisotopic (exact) mass is 333 g/mol. The summed E-state index contributed by atoms with van der Waals surface area (Å²) in [6, 6.07) is 7.64. The standard InChI is InChI=1S/C19H31N3O2/c1-15-7-9-22(10-8-15)14-18(23)12-20-19(24)17-6-4-5-16(11-17)13-21(2)3/h4-6,11,15,18,23H,7-10,12-14H2,1-3H3,(H,20,24). The fourth-order valence-electron chi connectivity index (χ4n) is 3.10. The number of piperidine rings is 1. The van der Waals surface area contributed by atoms with E-state index < -0.39 is 6.10 Å². The Labute approximate surface area is 145 Å². The molecule has 1 heterocycles. The lowest BCUT2D eigenvalue weighted by molar-refractivity contribution is 0.0795. The van der Waals surface area contributed by atoms with Crippen LogP contribution in [0.3, 0.4) is 0 Å². The number of carbonyl (C=O) groups excluding carboxylic acids is 1. The summed E-state index contributed by atoms with van der Waals surface area (Å²) >= 11 is 0. The van der Waals surface area contributed by atoms with Gasteiger partial charge in [0.2, 0.25) is 0 Å². The highest BCUT2D eigenvalue weighted by molar-refractivity contribution is 5.94. The van der Waals surface area contributed by atoms with Crippen LogP contribution < -0.4 is 5.32 Å². The molecule has 1 unspecified atom stereocenters. The zero-order valence-corrected chi connectivity index (χ0v) is 15.2. The number of aliphatic hydroxyl groups excluding tert-OH is 1. The molecule has 1 fully saturated rings. The zero-order valence-electron chi connectivity index (χ0n) is 15.2. The number of aliphatic hydroxyl groups is 1. The maximum atomic E-state index is 12.3. The van der Waals surface area contributed by atoms with Gasteiger partial charge >= 0.3 is 0 Å². The van der Waals surface area contributed by atoms with Gasteiger partial charge in [0.25, 0.3) is 5.91 Å². The Kier molecular flexibility index (Phi) is 7.21. The lowest BCUT2D eigenvalue weighted by Crippen LogP contribution is -2.43. The first-order chi connectivity index (χ1) is 11.4. The van der Waals surface area contributed by atoms with Crippen LogP contribution in [0.15, 0.2) is 24.3 Å². The molecule has 1 aliphatic rings. The number of carbonyl (C=O) groups is 1. The van der Waals surface area contributed by atoms with Gasteiger partial charge in [0, 0.05) is 25.2 Å². The topological polar surface area (TPSA) is 55.8 Å². The van der Waals surface area contributed by atoms with Crippen molar-refractivity contribution in [1.29, 1.82) is 0 Å². The largest absolute Gasteiger partial charge is 0.390 e. The van der Waals surface area contributed by atoms with Gasteiger partial charge in [-0.1, -0.05) is 19.1 Å². The molecule has 0 radical (unpaired) electrons. The van der Waals surface area contributed by atoms with Gasteiger partial charge in [0.15, 0.2) is 0 Å². The second kappa shape index (κ2) is 9.16. The molecule has 2 rings (SSSR count). The van der Waals surface area contributed by atoms with Gasteiger partial charge < -0.3 is 20.2 Å². The lowest BCUT2D eigenvalue weighted by atomic mass is 9.99. The molecular weight excluding hydrogens is 302 g/mol. The highest BCUT2D eigenvalue weighted by atomic mass is 16.3. The minimum absolute atomic E-state index is 0.123. The number of nitrogens with one attached hydrogen (secondary N) is 1. The quantitative estimate of drug-likeness (QED) is 0.795. The fourth-order valence-corrected chi connectivity index (χ4v) is 3.10. The SMILES string of the molecule is CC1CCN(CC(O)CNC(=O)c2cccc(CN(C)C)c2)CC1. The molecule has 0 saturated carbocycles. The predicted molar refractivity (Wildman–Crippen MR) is 97.0 cm³/mol. The number of hydrogen-bond acceptors (Lipinski definition) is 4. The molecule has 1 amide bonds. The smallest absolute Gasteiger partial charge is 0.251 e. The molecule has 1 atom stereocenters. The Morgan fingerprint density at radius 1 is 1.38 bits per heavy atom. The third-order valence-corrected chi connectivity index (χ3v) is 4.53. The van der Waals surface area contributed by atoms with Gasteiger partial charge in [-0.25, -0.2) is 0 Å². The van der Waals surface area contributed by atoms with Gasteiger partial charge in [-0.3, -0.25) is 4.79 Å². The summed E-state index contributed by atoms with van der Waals surface area (Å²) in [4.78, 5) is 16.6. The summed E-state index contributed by atoms with van der Waals surface area (Å²) in [6.07, 6.45) is 1.86. The van der Waals surface area contributed by atoms with Crippen LogP contribution in [0.25, 0.3) is 0 Å². The fraction of sp³-hybridized carbons (Fsp3) is 0.632. The number of β-amino-alcohol motifs (C(OH)–C–C–N with tert-alkyl or cyclic N) is 1. The first kappa shape index (κ1) is 18.9. The number of rotatable bonds is 7. The van der Waals surface area contributed by atoms with Crippen molar-refractivity contribution in [3.05, 3.63) is 35.4 Å². The van der Waals surface area contributed by atoms with Crippen molar-refractivity contribution in [2.45, 2.75) is 32.4 Å². The molecular formula is C19H31N3O2. The van der Waals surface area contributed by atoms with Crippen LogP contribution in [0, 0.1) is 5.92 Å². The Hall–Kier alpha value is -1.43. The Morgan fingerprint density at radius 2 is 2.08 bits per heavy atom. The molecule has 1 aromatic rings. The van der Waals surface area contributed by atoms with Gasteiger partial charge in [0.1, 0.15) is 0 Å². The zero-order chi connectivity index (χ0) is 17.5. The van der Waals surface area contributed by atoms with E-state index in [2.05, 4.69) is 22.0 Å². The summed E-state index contributed by atoms with van der Waals surface area (Å²) in [6.45, 7) is 6.09. The van der Waals surface area contributed by atoms with Crippen LogP contribution in [0.1, 0.15) is 35.7 Å². The van der Waals surface area contributed by atoms with Crippen molar-refractivity contribution in [3.63, 3.8) is 0 Å². The third kappa shape index (κ3) is 6.23. The van der Waals surface area contributed by atoms with E-state index in [0.29, 0.717) is 18.7 Å². The number of benzene rings is 1. The van der Waals surface area contributed by atoms with Crippen molar-refractivity contribution in [3.8, 4) is 0 Å². The van der Waals surface area contributed by atoms with E-state index in [9.17, 15) is 9.90 Å². The molecule has 5 nitrogen and oxygen atoms in total. The van der Waals surface area contributed by atoms with E-state index in [1.807, 2.05) is 38.4 Å². The molecule has 1 aromatic carbocycles. The van der Waals surface area contributed by atoms with Crippen LogP contribution in [0.4, 0.5) is 0 Å². The van der Waals surface area contributed by atoms with E-state index in [4.69, 9.17) is 0 Å². The Bertz CT molecular complexity index is 525. The summed E-state index contributed by atoms with van der Waals surface area (Å²) in [5.74, 6) is 0.662. The van der Waals surface area contributed by atoms with Gasteiger partial charge in [-0.15, -0.1) is 0 Å². The van der Waals surface area contributed by atoms with Gasteiger partial charge in [-0.2, -0.15) is 0 Å². The van der Waals surface area contributed by atoms with Crippen LogP contribution >= 0.6 is 0 Å². The second-order valence-corrected chi connectivity index (χ2v) is 7.29. The molecule has 0 bridgehead atoms. The molecule has 0 aromatic heterocycles. The maximum absolute atomic E-state index is 12.3. The predicted octanol–water partition coefficient (Wildman–Crippen LogP) is 1.57. The van der Waals surface area contributed by atoms with E-state index in [1.165, 1.54) is 12.8 Å². The molecule has 2 N–H and O–H groups in total. The average Bonchev–Trinajstić information content (AvgIpc) is 2.54. The highest BCUT2D eigenvalue weighted by Gasteiger charge is 2.18. The van der Waals surface area contributed by atoms with Crippen LogP contribution in [-0.4, -0.2) is 67.2 Å². The molecule has 1 saturated heterocycles. The second-order valence-electron chi connectivity index (χ2n) is 7.29. The van der Waals surface area contributed by atoms with Crippen molar-refractivity contribution in [2.24, 2.45) is 5.92 Å².